The van der Waals surface area contributed by atoms with E-state index in [1.807, 2.05) is 29.6 Å². The van der Waals surface area contributed by atoms with E-state index in [0.29, 0.717) is 29.4 Å². The van der Waals surface area contributed by atoms with Gasteiger partial charge in [-0.25, -0.2) is 9.18 Å². The Balaban J connectivity index is 1.75. The molecule has 9 heteroatoms. The van der Waals surface area contributed by atoms with Crippen LogP contribution in [0.3, 0.4) is 0 Å². The van der Waals surface area contributed by atoms with Crippen molar-refractivity contribution in [2.45, 2.75) is 39.4 Å². The number of piperazine rings is 1. The Hall–Kier alpha value is -2.93. The summed E-state index contributed by atoms with van der Waals surface area (Å²) in [6.45, 7) is 6.64. The maximum Gasteiger partial charge on any atom is 0.312 e. The third-order valence-electron chi connectivity index (χ3n) is 5.48. The molecule has 2 aromatic rings. The largest absolute Gasteiger partial charge is 0.471 e. The third-order valence-corrected chi connectivity index (χ3v) is 5.88. The normalized spacial score (nSPS) is 19.3. The highest BCUT2D eigenvalue weighted by Gasteiger charge is 2.34. The van der Waals surface area contributed by atoms with Crippen molar-refractivity contribution in [3.05, 3.63) is 74.2 Å². The van der Waals surface area contributed by atoms with E-state index >= 15 is 0 Å². The van der Waals surface area contributed by atoms with Gasteiger partial charge in [-0.15, -0.1) is 0 Å². The lowest BCUT2D eigenvalue weighted by Gasteiger charge is -2.45. The smallest absolute Gasteiger partial charge is 0.312 e. The van der Waals surface area contributed by atoms with Crippen molar-refractivity contribution in [3.8, 4) is 5.75 Å². The number of nitrogens with zero attached hydrogens (tertiary/aromatic N) is 3. The zero-order valence-corrected chi connectivity index (χ0v) is 18.2. The van der Waals surface area contributed by atoms with Crippen LogP contribution in [0, 0.1) is 22.9 Å². The molecule has 1 heterocycles. The molecule has 1 fully saturated rings. The number of carbonyl (C=O) groups excluding carboxylic acids is 1. The van der Waals surface area contributed by atoms with Crippen LogP contribution >= 0.6 is 11.6 Å². The van der Waals surface area contributed by atoms with E-state index in [1.54, 1.807) is 19.1 Å². The van der Waals surface area contributed by atoms with Gasteiger partial charge >= 0.3 is 5.69 Å². The average Bonchev–Trinajstić information content (AvgIpc) is 2.73. The first-order valence-electron chi connectivity index (χ1n) is 9.78. The Morgan fingerprint density at radius 1 is 1.29 bits per heavy atom. The van der Waals surface area contributed by atoms with Gasteiger partial charge in [-0.05, 0) is 50.1 Å². The topological polar surface area (TPSA) is 75.9 Å². The summed E-state index contributed by atoms with van der Waals surface area (Å²) >= 11 is 6.01. The van der Waals surface area contributed by atoms with E-state index in [4.69, 9.17) is 16.3 Å². The first kappa shape index (κ1) is 22.7. The summed E-state index contributed by atoms with van der Waals surface area (Å²) in [6.07, 6.45) is 0. The van der Waals surface area contributed by atoms with E-state index in [2.05, 4.69) is 0 Å². The molecule has 0 aliphatic carbocycles. The Labute approximate surface area is 184 Å². The summed E-state index contributed by atoms with van der Waals surface area (Å²) < 4.78 is 19.0. The molecule has 0 bridgehead atoms. The fourth-order valence-corrected chi connectivity index (χ4v) is 3.80. The molecule has 3 rings (SSSR count). The summed E-state index contributed by atoms with van der Waals surface area (Å²) in [6, 6.07) is 8.59. The van der Waals surface area contributed by atoms with Crippen molar-refractivity contribution < 1.29 is 18.8 Å². The van der Waals surface area contributed by atoms with E-state index in [9.17, 15) is 19.3 Å². The SMILES string of the molecule is Cc1cc(OCN2C[C@H](C)N(Cc3ccc(F)cc3)C(=C=O)[C@H]2C)c([N+](=O)[O-])cc1Cl. The Morgan fingerprint density at radius 2 is 1.97 bits per heavy atom. The van der Waals surface area contributed by atoms with E-state index in [1.165, 1.54) is 24.3 Å². The monoisotopic (exact) mass is 447 g/mol. The molecule has 0 saturated carbocycles. The highest BCUT2D eigenvalue weighted by molar-refractivity contribution is 6.31. The lowest BCUT2D eigenvalue weighted by molar-refractivity contribution is -0.386. The molecule has 0 N–H and O–H groups in total. The predicted octanol–water partition coefficient (Wildman–Crippen LogP) is 4.34. The van der Waals surface area contributed by atoms with Gasteiger partial charge in [0.1, 0.15) is 24.2 Å². The molecule has 1 aliphatic heterocycles. The summed E-state index contributed by atoms with van der Waals surface area (Å²) in [5, 5.41) is 11.6. The molecule has 2 atom stereocenters. The standard InChI is InChI=1S/C22H23ClFN3O4/c1-14-8-22(20(27(29)30)9-19(14)23)31-13-25-10-15(2)26(21(12-28)16(25)3)11-17-4-6-18(24)7-5-17/h4-9,15-16H,10-11,13H2,1-3H3/t15-,16+/m0/s1. The van der Waals surface area contributed by atoms with E-state index in [0.717, 1.165) is 5.56 Å². The van der Waals surface area contributed by atoms with Gasteiger partial charge in [0, 0.05) is 25.2 Å². The zero-order chi connectivity index (χ0) is 22.7. The molecule has 164 valence electrons. The van der Waals surface area contributed by atoms with Gasteiger partial charge in [-0.1, -0.05) is 23.7 Å². The van der Waals surface area contributed by atoms with Crippen LogP contribution in [0.5, 0.6) is 5.75 Å². The van der Waals surface area contributed by atoms with E-state index < -0.39 is 4.92 Å². The number of rotatable bonds is 6. The molecular formula is C22H23ClFN3O4. The Bertz CT molecular complexity index is 1020. The third kappa shape index (κ3) is 5.05. The number of halogens is 2. The number of hydrogen-bond acceptors (Lipinski definition) is 6. The molecule has 2 aromatic carbocycles. The van der Waals surface area contributed by atoms with Gasteiger partial charge < -0.3 is 9.64 Å². The number of ether oxygens (including phenoxy) is 1. The second-order valence-electron chi connectivity index (χ2n) is 7.64. The summed E-state index contributed by atoms with van der Waals surface area (Å²) in [4.78, 5) is 26.5. The molecule has 0 unspecified atom stereocenters. The summed E-state index contributed by atoms with van der Waals surface area (Å²) in [7, 11) is 0. The predicted molar refractivity (Wildman–Crippen MR) is 115 cm³/mol. The molecule has 1 saturated heterocycles. The molecule has 0 aromatic heterocycles. The van der Waals surface area contributed by atoms with Gasteiger partial charge in [0.2, 0.25) is 0 Å². The van der Waals surface area contributed by atoms with Crippen LogP contribution in [0.1, 0.15) is 25.0 Å². The van der Waals surface area contributed by atoms with Gasteiger partial charge in [0.25, 0.3) is 0 Å². The highest BCUT2D eigenvalue weighted by Crippen LogP contribution is 2.33. The van der Waals surface area contributed by atoms with Gasteiger partial charge in [-0.3, -0.25) is 15.0 Å². The fourth-order valence-electron chi connectivity index (χ4n) is 3.64. The molecule has 0 amide bonds. The maximum atomic E-state index is 13.2. The van der Waals surface area contributed by atoms with Crippen molar-refractivity contribution >= 4 is 23.2 Å². The van der Waals surface area contributed by atoms with Crippen LogP contribution < -0.4 is 4.74 Å². The van der Waals surface area contributed by atoms with Gasteiger partial charge in [0.05, 0.1) is 16.0 Å². The molecular weight excluding hydrogens is 425 g/mol. The average molecular weight is 448 g/mol. The second-order valence-corrected chi connectivity index (χ2v) is 8.04. The first-order valence-corrected chi connectivity index (χ1v) is 10.2. The van der Waals surface area contributed by atoms with Crippen LogP contribution in [0.25, 0.3) is 0 Å². The fraction of sp³-hybridized carbons (Fsp3) is 0.364. The molecule has 0 radical (unpaired) electrons. The minimum atomic E-state index is -0.538. The van der Waals surface area contributed by atoms with Gasteiger partial charge in [-0.2, -0.15) is 0 Å². The van der Waals surface area contributed by atoms with Crippen molar-refractivity contribution in [2.75, 3.05) is 13.3 Å². The highest BCUT2D eigenvalue weighted by atomic mass is 35.5. The molecule has 7 nitrogen and oxygen atoms in total. The lowest BCUT2D eigenvalue weighted by atomic mass is 10.0. The molecule has 0 spiro atoms. The minimum absolute atomic E-state index is 0.0526. The van der Waals surface area contributed by atoms with Crippen LogP contribution in [0.15, 0.2) is 42.1 Å². The van der Waals surface area contributed by atoms with Crippen molar-refractivity contribution in [2.24, 2.45) is 0 Å². The van der Waals surface area contributed by atoms with Crippen molar-refractivity contribution in [1.29, 1.82) is 0 Å². The second kappa shape index (κ2) is 9.47. The Morgan fingerprint density at radius 3 is 2.58 bits per heavy atom. The molecule has 31 heavy (non-hydrogen) atoms. The lowest BCUT2D eigenvalue weighted by Crippen LogP contribution is -2.55. The number of aryl methyl sites for hydroxylation is 1. The van der Waals surface area contributed by atoms with Crippen LogP contribution in [0.2, 0.25) is 5.02 Å². The number of nitro groups is 1. The number of nitro benzene ring substituents is 1. The van der Waals surface area contributed by atoms with Crippen molar-refractivity contribution in [3.63, 3.8) is 0 Å². The summed E-state index contributed by atoms with van der Waals surface area (Å²) in [5.74, 6) is 1.84. The Kier molecular flexibility index (Phi) is 6.95. The minimum Gasteiger partial charge on any atom is -0.471 e. The van der Waals surface area contributed by atoms with Crippen molar-refractivity contribution in [1.82, 2.24) is 9.80 Å². The summed E-state index contributed by atoms with van der Waals surface area (Å²) in [5.41, 5.74) is 1.79. The quantitative estimate of drug-likeness (QED) is 0.372. The van der Waals surface area contributed by atoms with E-state index in [-0.39, 0.29) is 36.1 Å². The van der Waals surface area contributed by atoms with Crippen LogP contribution in [-0.4, -0.2) is 46.0 Å². The number of benzene rings is 2. The molecule has 1 aliphatic rings. The van der Waals surface area contributed by atoms with Gasteiger partial charge in [0.15, 0.2) is 5.75 Å². The number of hydrogen-bond donors (Lipinski definition) is 0. The zero-order valence-electron chi connectivity index (χ0n) is 17.5. The van der Waals surface area contributed by atoms with Crippen LogP contribution in [-0.2, 0) is 11.3 Å². The maximum absolute atomic E-state index is 13.2. The first-order chi connectivity index (χ1) is 14.7. The van der Waals surface area contributed by atoms with Crippen LogP contribution in [0.4, 0.5) is 10.1 Å².